The Labute approximate surface area is 143 Å². The molecule has 2 amide bonds. The number of fused-ring (bicyclic) bond motifs is 2. The van der Waals surface area contributed by atoms with Gasteiger partial charge in [-0.3, -0.25) is 9.59 Å². The number of rotatable bonds is 4. The molecule has 0 saturated carbocycles. The molecule has 2 unspecified atom stereocenters. The average molecular weight is 327 g/mol. The highest BCUT2D eigenvalue weighted by Crippen LogP contribution is 2.39. The Kier molecular flexibility index (Phi) is 4.04. The molecule has 1 aromatic rings. The van der Waals surface area contributed by atoms with E-state index in [2.05, 4.69) is 10.2 Å². The molecule has 1 aromatic carbocycles. The summed E-state index contributed by atoms with van der Waals surface area (Å²) < 4.78 is 0. The molecule has 2 bridgehead atoms. The van der Waals surface area contributed by atoms with Crippen molar-refractivity contribution < 1.29 is 9.59 Å². The van der Waals surface area contributed by atoms with Gasteiger partial charge in [0.25, 0.3) is 0 Å². The van der Waals surface area contributed by atoms with Crippen LogP contribution in [0.25, 0.3) is 0 Å². The maximum Gasteiger partial charge on any atom is 0.227 e. The van der Waals surface area contributed by atoms with Crippen molar-refractivity contribution in [3.05, 3.63) is 29.8 Å². The molecule has 24 heavy (non-hydrogen) atoms. The number of carbonyl (C=O) groups excluding carboxylic acids is 2. The van der Waals surface area contributed by atoms with Crippen molar-refractivity contribution >= 4 is 17.5 Å². The maximum absolute atomic E-state index is 12.7. The van der Waals surface area contributed by atoms with E-state index < -0.39 is 0 Å². The first-order valence-electron chi connectivity index (χ1n) is 9.06. The van der Waals surface area contributed by atoms with E-state index >= 15 is 0 Å². The first-order chi connectivity index (χ1) is 11.7. The van der Waals surface area contributed by atoms with Crippen LogP contribution < -0.4 is 10.2 Å². The van der Waals surface area contributed by atoms with E-state index in [1.54, 1.807) is 0 Å². The number of piperidine rings is 1. The first kappa shape index (κ1) is 15.6. The Bertz CT molecular complexity index is 656. The van der Waals surface area contributed by atoms with Crippen LogP contribution >= 0.6 is 0 Å². The lowest BCUT2D eigenvalue weighted by atomic mass is 9.80. The Balaban J connectivity index is 1.41. The third kappa shape index (κ3) is 2.81. The lowest BCUT2D eigenvalue weighted by molar-refractivity contribution is -0.131. The van der Waals surface area contributed by atoms with Crippen molar-refractivity contribution in [1.29, 1.82) is 0 Å². The summed E-state index contributed by atoms with van der Waals surface area (Å²) in [5.74, 6) is 0.399. The Morgan fingerprint density at radius 1 is 1.17 bits per heavy atom. The van der Waals surface area contributed by atoms with Crippen LogP contribution in [0.5, 0.6) is 0 Å². The van der Waals surface area contributed by atoms with Crippen LogP contribution in [-0.4, -0.2) is 42.9 Å². The molecule has 3 heterocycles. The van der Waals surface area contributed by atoms with E-state index in [4.69, 9.17) is 0 Å². The van der Waals surface area contributed by atoms with E-state index in [0.717, 1.165) is 63.1 Å². The Morgan fingerprint density at radius 2 is 2.08 bits per heavy atom. The van der Waals surface area contributed by atoms with Gasteiger partial charge in [-0.25, -0.2) is 0 Å². The Hall–Kier alpha value is -1.88. The standard InChI is InChI=1S/C19H25N3O2/c23-17-6-2-10-22(17)16-5-1-4-15(12-16)13-20-18(24)19-7-3-9-21(14-19)11-8-19/h1,4-5,12H,2-3,6-11,13-14H2,(H,20,24). The minimum absolute atomic E-state index is 0.166. The smallest absolute Gasteiger partial charge is 0.227 e. The predicted molar refractivity (Wildman–Crippen MR) is 92.6 cm³/mol. The van der Waals surface area contributed by atoms with Gasteiger partial charge < -0.3 is 15.1 Å². The first-order valence-corrected chi connectivity index (χ1v) is 9.06. The van der Waals surface area contributed by atoms with Crippen molar-refractivity contribution in [2.24, 2.45) is 5.41 Å². The fraction of sp³-hybridized carbons (Fsp3) is 0.579. The third-order valence-electron chi connectivity index (χ3n) is 5.79. The molecule has 128 valence electrons. The second-order valence-corrected chi connectivity index (χ2v) is 7.41. The molecule has 0 aromatic heterocycles. The summed E-state index contributed by atoms with van der Waals surface area (Å²) in [5, 5.41) is 3.15. The van der Waals surface area contributed by atoms with Crippen molar-refractivity contribution in [3.8, 4) is 0 Å². The van der Waals surface area contributed by atoms with Gasteiger partial charge in [-0.05, 0) is 56.5 Å². The zero-order valence-electron chi connectivity index (χ0n) is 14.1. The van der Waals surface area contributed by atoms with Crippen LogP contribution in [0.2, 0.25) is 0 Å². The van der Waals surface area contributed by atoms with Gasteiger partial charge in [0.15, 0.2) is 0 Å². The molecule has 4 rings (SSSR count). The van der Waals surface area contributed by atoms with Crippen LogP contribution in [0.4, 0.5) is 5.69 Å². The summed E-state index contributed by atoms with van der Waals surface area (Å²) in [7, 11) is 0. The van der Waals surface area contributed by atoms with Gasteiger partial charge in [-0.15, -0.1) is 0 Å². The normalized spacial score (nSPS) is 29.1. The van der Waals surface area contributed by atoms with Gasteiger partial charge in [-0.1, -0.05) is 12.1 Å². The van der Waals surface area contributed by atoms with E-state index in [-0.39, 0.29) is 17.2 Å². The summed E-state index contributed by atoms with van der Waals surface area (Å²) in [5.41, 5.74) is 1.84. The van der Waals surface area contributed by atoms with Crippen molar-refractivity contribution in [2.75, 3.05) is 31.1 Å². The number of carbonyl (C=O) groups is 2. The maximum atomic E-state index is 12.7. The molecule has 2 atom stereocenters. The number of hydrogen-bond acceptors (Lipinski definition) is 3. The van der Waals surface area contributed by atoms with Crippen LogP contribution in [0.15, 0.2) is 24.3 Å². The van der Waals surface area contributed by atoms with Crippen molar-refractivity contribution in [3.63, 3.8) is 0 Å². The fourth-order valence-electron chi connectivity index (χ4n) is 4.42. The lowest BCUT2D eigenvalue weighted by Crippen LogP contribution is -2.45. The number of anilines is 1. The SMILES string of the molecule is O=C1CCCN1c1cccc(CNC(=O)C23CCCN(CC2)C3)c1. The Morgan fingerprint density at radius 3 is 2.92 bits per heavy atom. The summed E-state index contributed by atoms with van der Waals surface area (Å²) in [6.45, 7) is 4.45. The number of nitrogens with zero attached hydrogens (tertiary/aromatic N) is 2. The lowest BCUT2D eigenvalue weighted by Gasteiger charge is -2.32. The molecule has 3 aliphatic heterocycles. The molecule has 0 radical (unpaired) electrons. The van der Waals surface area contributed by atoms with Crippen LogP contribution in [0.3, 0.4) is 0 Å². The second-order valence-electron chi connectivity index (χ2n) is 7.41. The monoisotopic (exact) mass is 327 g/mol. The predicted octanol–water partition coefficient (Wildman–Crippen LogP) is 1.92. The van der Waals surface area contributed by atoms with Crippen molar-refractivity contribution in [1.82, 2.24) is 10.2 Å². The number of hydrogen-bond donors (Lipinski definition) is 1. The van der Waals surface area contributed by atoms with Gasteiger partial charge >= 0.3 is 0 Å². The highest BCUT2D eigenvalue weighted by molar-refractivity contribution is 5.95. The van der Waals surface area contributed by atoms with Crippen LogP contribution in [-0.2, 0) is 16.1 Å². The topological polar surface area (TPSA) is 52.7 Å². The van der Waals surface area contributed by atoms with E-state index in [0.29, 0.717) is 13.0 Å². The minimum atomic E-state index is -0.166. The number of nitrogens with one attached hydrogen (secondary N) is 1. The zero-order chi connectivity index (χ0) is 16.6. The molecule has 0 spiro atoms. The van der Waals surface area contributed by atoms with Gasteiger partial charge in [-0.2, -0.15) is 0 Å². The molecular weight excluding hydrogens is 302 g/mol. The van der Waals surface area contributed by atoms with Gasteiger partial charge in [0.2, 0.25) is 11.8 Å². The zero-order valence-corrected chi connectivity index (χ0v) is 14.1. The molecule has 3 fully saturated rings. The molecule has 5 nitrogen and oxygen atoms in total. The van der Waals surface area contributed by atoms with E-state index in [1.807, 2.05) is 29.2 Å². The number of benzene rings is 1. The average Bonchev–Trinajstić information content (AvgIpc) is 3.16. The molecule has 3 aliphatic rings. The van der Waals surface area contributed by atoms with Gasteiger partial charge in [0.1, 0.15) is 0 Å². The largest absolute Gasteiger partial charge is 0.352 e. The molecule has 0 aliphatic carbocycles. The highest BCUT2D eigenvalue weighted by atomic mass is 16.2. The quantitative estimate of drug-likeness (QED) is 0.919. The number of amides is 2. The molecule has 1 N–H and O–H groups in total. The van der Waals surface area contributed by atoms with Crippen LogP contribution in [0.1, 0.15) is 37.7 Å². The minimum Gasteiger partial charge on any atom is -0.352 e. The molecule has 5 heteroatoms. The summed E-state index contributed by atoms with van der Waals surface area (Å²) in [6, 6.07) is 7.99. The van der Waals surface area contributed by atoms with E-state index in [1.165, 1.54) is 0 Å². The van der Waals surface area contributed by atoms with Crippen LogP contribution in [0, 0.1) is 5.41 Å². The summed E-state index contributed by atoms with van der Waals surface area (Å²) in [4.78, 5) is 28.9. The fourth-order valence-corrected chi connectivity index (χ4v) is 4.42. The second kappa shape index (κ2) is 6.20. The molecular formula is C19H25N3O2. The third-order valence-corrected chi connectivity index (χ3v) is 5.79. The van der Waals surface area contributed by atoms with Gasteiger partial charge in [0, 0.05) is 31.7 Å². The summed E-state index contributed by atoms with van der Waals surface area (Å²) in [6.07, 6.45) is 4.69. The van der Waals surface area contributed by atoms with E-state index in [9.17, 15) is 9.59 Å². The van der Waals surface area contributed by atoms with Crippen molar-refractivity contribution in [2.45, 2.75) is 38.6 Å². The highest BCUT2D eigenvalue weighted by Gasteiger charge is 2.46. The van der Waals surface area contributed by atoms with Gasteiger partial charge in [0.05, 0.1) is 5.41 Å². The molecule has 3 saturated heterocycles. The summed E-state index contributed by atoms with van der Waals surface area (Å²) >= 11 is 0.